The number of ether oxygens (including phenoxy) is 1. The summed E-state index contributed by atoms with van der Waals surface area (Å²) in [5.41, 5.74) is 1.95. The lowest BCUT2D eigenvalue weighted by Crippen LogP contribution is -2.36. The predicted molar refractivity (Wildman–Crippen MR) is 109 cm³/mol. The molecule has 0 aliphatic carbocycles. The van der Waals surface area contributed by atoms with Gasteiger partial charge in [0.15, 0.2) is 5.82 Å². The highest BCUT2D eigenvalue weighted by molar-refractivity contribution is 6.01. The van der Waals surface area contributed by atoms with Gasteiger partial charge in [0.25, 0.3) is 5.95 Å². The highest BCUT2D eigenvalue weighted by Gasteiger charge is 2.14. The number of hydrogen-bond donors (Lipinski definition) is 1. The van der Waals surface area contributed by atoms with E-state index < -0.39 is 0 Å². The molecule has 11 heteroatoms. The molecule has 0 bridgehead atoms. The number of nitrogens with one attached hydrogen (secondary N) is 1. The molecule has 0 atom stereocenters. The lowest BCUT2D eigenvalue weighted by atomic mass is 10.2. The Hall–Kier alpha value is -3.99. The molecule has 1 fully saturated rings. The lowest BCUT2D eigenvalue weighted by molar-refractivity contribution is -0.111. The van der Waals surface area contributed by atoms with Crippen LogP contribution in [0.15, 0.2) is 66.0 Å². The summed E-state index contributed by atoms with van der Waals surface area (Å²) in [4.78, 5) is 26.1. The van der Waals surface area contributed by atoms with E-state index in [-0.39, 0.29) is 11.9 Å². The van der Waals surface area contributed by atoms with E-state index in [2.05, 4.69) is 47.1 Å². The zero-order valence-corrected chi connectivity index (χ0v) is 16.0. The molecule has 3 heterocycles. The van der Waals surface area contributed by atoms with Gasteiger partial charge < -0.3 is 15.0 Å². The Morgan fingerprint density at radius 1 is 1.20 bits per heavy atom. The molecule has 152 valence electrons. The van der Waals surface area contributed by atoms with Crippen molar-refractivity contribution in [3.63, 3.8) is 0 Å². The second-order valence-corrected chi connectivity index (χ2v) is 6.25. The first-order valence-electron chi connectivity index (χ1n) is 9.23. The van der Waals surface area contributed by atoms with Crippen molar-refractivity contribution in [1.82, 2.24) is 24.7 Å². The Balaban J connectivity index is 1.58. The minimum atomic E-state index is -0.336. The number of carbonyl (C=O) groups is 1. The second-order valence-electron chi connectivity index (χ2n) is 6.25. The summed E-state index contributed by atoms with van der Waals surface area (Å²) < 4.78 is 6.87. The number of rotatable bonds is 6. The summed E-state index contributed by atoms with van der Waals surface area (Å²) in [6.07, 6.45) is 5.71. The van der Waals surface area contributed by atoms with Crippen LogP contribution in [0.25, 0.3) is 5.82 Å². The van der Waals surface area contributed by atoms with E-state index in [0.29, 0.717) is 30.4 Å². The Bertz CT molecular complexity index is 1060. The van der Waals surface area contributed by atoms with Crippen LogP contribution in [-0.4, -0.2) is 56.9 Å². The van der Waals surface area contributed by atoms with Crippen molar-refractivity contribution in [2.24, 2.45) is 10.2 Å². The molecular weight excluding hydrogens is 386 g/mol. The molecule has 0 radical (unpaired) electrons. The van der Waals surface area contributed by atoms with Crippen LogP contribution in [-0.2, 0) is 9.53 Å². The molecule has 0 saturated carbocycles. The molecule has 1 N–H and O–H groups in total. The number of anilines is 2. The van der Waals surface area contributed by atoms with Crippen LogP contribution < -0.4 is 10.2 Å². The quantitative estimate of drug-likeness (QED) is 0.493. The molecule has 4 rings (SSSR count). The van der Waals surface area contributed by atoms with Gasteiger partial charge in [-0.2, -0.15) is 4.98 Å². The van der Waals surface area contributed by atoms with E-state index in [9.17, 15) is 4.79 Å². The van der Waals surface area contributed by atoms with Crippen molar-refractivity contribution < 1.29 is 9.53 Å². The fraction of sp³-hybridized carbons (Fsp3) is 0.211. The van der Waals surface area contributed by atoms with Crippen molar-refractivity contribution in [2.45, 2.75) is 0 Å². The van der Waals surface area contributed by atoms with Gasteiger partial charge in [0.1, 0.15) is 18.3 Å². The first kappa shape index (κ1) is 19.3. The number of morpholine rings is 1. The van der Waals surface area contributed by atoms with Crippen molar-refractivity contribution in [2.75, 3.05) is 36.5 Å². The largest absolute Gasteiger partial charge is 0.378 e. The third kappa shape index (κ3) is 4.52. The number of amides is 1. The lowest BCUT2D eigenvalue weighted by Gasteiger charge is -2.29. The Morgan fingerprint density at radius 2 is 2.07 bits per heavy atom. The number of carbonyl (C=O) groups excluding carboxylic acids is 1. The Morgan fingerprint density at radius 3 is 2.83 bits per heavy atom. The van der Waals surface area contributed by atoms with Crippen LogP contribution in [0.1, 0.15) is 0 Å². The average Bonchev–Trinajstić information content (AvgIpc) is 3.28. The second kappa shape index (κ2) is 9.01. The maximum Gasteiger partial charge on any atom is 0.287 e. The summed E-state index contributed by atoms with van der Waals surface area (Å²) in [5.74, 6) is 0.386. The monoisotopic (exact) mass is 405 g/mol. The predicted octanol–water partition coefficient (Wildman–Crippen LogP) is 2.43. The third-order valence-corrected chi connectivity index (χ3v) is 4.33. The highest BCUT2D eigenvalue weighted by Crippen LogP contribution is 2.31. The van der Waals surface area contributed by atoms with E-state index in [1.165, 1.54) is 23.4 Å². The van der Waals surface area contributed by atoms with E-state index in [1.807, 2.05) is 12.1 Å². The fourth-order valence-corrected chi connectivity index (χ4v) is 2.84. The fourth-order valence-electron chi connectivity index (χ4n) is 2.84. The maximum atomic E-state index is 11.9. The van der Waals surface area contributed by atoms with E-state index in [0.717, 1.165) is 18.8 Å². The summed E-state index contributed by atoms with van der Waals surface area (Å²) >= 11 is 0. The van der Waals surface area contributed by atoms with Gasteiger partial charge in [0.05, 0.1) is 18.9 Å². The van der Waals surface area contributed by atoms with Gasteiger partial charge in [-0.15, -0.1) is 15.3 Å². The average molecular weight is 405 g/mol. The van der Waals surface area contributed by atoms with E-state index in [1.54, 1.807) is 18.3 Å². The van der Waals surface area contributed by atoms with Crippen molar-refractivity contribution >= 4 is 28.9 Å². The standard InChI is InChI=1S/C19H19N9O2/c1-2-18(29)23-16-11-14(27-7-9-30-10-8-27)3-4-15(16)24-25-19-22-13-28(26-19)17-5-6-20-12-21-17/h2-6,11-13H,1,7-10H2,(H,23,29). The van der Waals surface area contributed by atoms with Gasteiger partial charge in [-0.1, -0.05) is 6.58 Å². The molecule has 0 unspecified atom stereocenters. The minimum Gasteiger partial charge on any atom is -0.378 e. The van der Waals surface area contributed by atoms with Gasteiger partial charge >= 0.3 is 0 Å². The van der Waals surface area contributed by atoms with Crippen LogP contribution in [0, 0.1) is 0 Å². The number of azo groups is 1. The SMILES string of the molecule is C=CC(=O)Nc1cc(N2CCOCC2)ccc1N=Nc1ncn(-c2ccncn2)n1. The zero-order valence-electron chi connectivity index (χ0n) is 16.0. The molecule has 30 heavy (non-hydrogen) atoms. The van der Waals surface area contributed by atoms with Crippen LogP contribution in [0.5, 0.6) is 0 Å². The van der Waals surface area contributed by atoms with Gasteiger partial charge in [-0.25, -0.2) is 14.6 Å². The van der Waals surface area contributed by atoms with Crippen LogP contribution in [0.3, 0.4) is 0 Å². The van der Waals surface area contributed by atoms with E-state index >= 15 is 0 Å². The Kier molecular flexibility index (Phi) is 5.80. The molecular formula is C19H19N9O2. The third-order valence-electron chi connectivity index (χ3n) is 4.33. The first-order valence-corrected chi connectivity index (χ1v) is 9.23. The summed E-state index contributed by atoms with van der Waals surface area (Å²) in [5, 5.41) is 15.3. The summed E-state index contributed by atoms with van der Waals surface area (Å²) in [6.45, 7) is 6.38. The molecule has 2 aromatic heterocycles. The molecule has 1 aromatic carbocycles. The van der Waals surface area contributed by atoms with E-state index in [4.69, 9.17) is 4.74 Å². The number of benzene rings is 1. The van der Waals surface area contributed by atoms with Gasteiger partial charge in [-0.3, -0.25) is 4.79 Å². The zero-order chi connectivity index (χ0) is 20.8. The minimum absolute atomic E-state index is 0.159. The first-order chi connectivity index (χ1) is 14.7. The number of hydrogen-bond acceptors (Lipinski definition) is 9. The molecule has 0 spiro atoms. The van der Waals surface area contributed by atoms with Crippen molar-refractivity contribution in [3.8, 4) is 5.82 Å². The molecule has 1 aliphatic heterocycles. The molecule has 1 aliphatic rings. The number of nitrogens with zero attached hydrogens (tertiary/aromatic N) is 8. The summed E-state index contributed by atoms with van der Waals surface area (Å²) in [6, 6.07) is 7.27. The molecule has 1 amide bonds. The van der Waals surface area contributed by atoms with Crippen molar-refractivity contribution in [3.05, 3.63) is 55.8 Å². The van der Waals surface area contributed by atoms with Crippen molar-refractivity contribution in [1.29, 1.82) is 0 Å². The Labute approximate surface area is 172 Å². The topological polar surface area (TPSA) is 123 Å². The van der Waals surface area contributed by atoms with Gasteiger partial charge in [0, 0.05) is 31.0 Å². The maximum absolute atomic E-state index is 11.9. The molecule has 1 saturated heterocycles. The molecule has 3 aromatic rings. The van der Waals surface area contributed by atoms with Gasteiger partial charge in [-0.05, 0) is 24.3 Å². The normalized spacial score (nSPS) is 14.1. The van der Waals surface area contributed by atoms with Crippen LogP contribution in [0.4, 0.5) is 23.0 Å². The van der Waals surface area contributed by atoms with Crippen LogP contribution in [0.2, 0.25) is 0 Å². The summed E-state index contributed by atoms with van der Waals surface area (Å²) in [7, 11) is 0. The molecule has 11 nitrogen and oxygen atoms in total. The van der Waals surface area contributed by atoms with Gasteiger partial charge in [0.2, 0.25) is 5.91 Å². The smallest absolute Gasteiger partial charge is 0.287 e. The number of aromatic nitrogens is 5. The van der Waals surface area contributed by atoms with Crippen LogP contribution >= 0.6 is 0 Å². The highest BCUT2D eigenvalue weighted by atomic mass is 16.5.